The number of hydrogen-bond acceptors (Lipinski definition) is 5. The summed E-state index contributed by atoms with van der Waals surface area (Å²) in [6.45, 7) is 3.83. The van der Waals surface area contributed by atoms with Gasteiger partial charge in [-0.2, -0.15) is 5.10 Å². The van der Waals surface area contributed by atoms with Gasteiger partial charge in [0.1, 0.15) is 15.8 Å². The van der Waals surface area contributed by atoms with Gasteiger partial charge in [0.05, 0.1) is 17.8 Å². The van der Waals surface area contributed by atoms with Gasteiger partial charge < -0.3 is 9.84 Å². The van der Waals surface area contributed by atoms with E-state index in [4.69, 9.17) is 21.4 Å². The number of carboxylic acid groups (broad SMARTS) is 1. The van der Waals surface area contributed by atoms with Gasteiger partial charge in [-0.1, -0.05) is 11.6 Å². The van der Waals surface area contributed by atoms with Crippen molar-refractivity contribution in [2.45, 2.75) is 31.6 Å². The molecule has 1 N–H and O–H groups in total. The summed E-state index contributed by atoms with van der Waals surface area (Å²) in [5.41, 5.74) is 1.29. The number of benzene rings is 1. The summed E-state index contributed by atoms with van der Waals surface area (Å²) in [6.07, 6.45) is 1.53. The van der Waals surface area contributed by atoms with Crippen molar-refractivity contribution in [3.63, 3.8) is 0 Å². The van der Waals surface area contributed by atoms with E-state index >= 15 is 0 Å². The summed E-state index contributed by atoms with van der Waals surface area (Å²) >= 11 is 6.20. The molecule has 0 aliphatic heterocycles. The van der Waals surface area contributed by atoms with Crippen molar-refractivity contribution in [2.75, 3.05) is 6.61 Å². The third-order valence-corrected chi connectivity index (χ3v) is 6.73. The maximum absolute atomic E-state index is 13.4. The SMILES string of the molecule is CCOc1ccc2c(CCC(=O)O)cn(S(=O)(=O)c3c(C)nn(C)c3Cl)c2c1. The number of aromatic nitrogens is 3. The Labute approximate surface area is 167 Å². The summed E-state index contributed by atoms with van der Waals surface area (Å²) in [7, 11) is -2.49. The molecule has 8 nitrogen and oxygen atoms in total. The Hall–Kier alpha value is -2.52. The molecule has 1 aromatic carbocycles. The number of fused-ring (bicyclic) bond motifs is 1. The fourth-order valence-corrected chi connectivity index (χ4v) is 5.24. The molecule has 0 aliphatic rings. The number of hydrogen-bond donors (Lipinski definition) is 1. The minimum Gasteiger partial charge on any atom is -0.494 e. The number of carbonyl (C=O) groups is 1. The molecular formula is C18H20ClN3O5S. The van der Waals surface area contributed by atoms with Gasteiger partial charge in [0, 0.05) is 31.1 Å². The molecule has 2 heterocycles. The van der Waals surface area contributed by atoms with Gasteiger partial charge in [0.2, 0.25) is 0 Å². The highest BCUT2D eigenvalue weighted by atomic mass is 35.5. The van der Waals surface area contributed by atoms with E-state index in [9.17, 15) is 13.2 Å². The van der Waals surface area contributed by atoms with Gasteiger partial charge in [-0.05, 0) is 38.0 Å². The van der Waals surface area contributed by atoms with Gasteiger partial charge >= 0.3 is 5.97 Å². The fraction of sp³-hybridized carbons (Fsp3) is 0.333. The first-order chi connectivity index (χ1) is 13.2. The van der Waals surface area contributed by atoms with Crippen molar-refractivity contribution >= 4 is 38.5 Å². The highest BCUT2D eigenvalue weighted by Crippen LogP contribution is 2.33. The second kappa shape index (κ2) is 7.48. The molecule has 2 aromatic heterocycles. The van der Waals surface area contributed by atoms with Gasteiger partial charge in [-0.3, -0.25) is 9.48 Å². The molecule has 0 atom stereocenters. The lowest BCUT2D eigenvalue weighted by Crippen LogP contribution is -2.13. The molecule has 28 heavy (non-hydrogen) atoms. The van der Waals surface area contributed by atoms with Crippen LogP contribution in [0.1, 0.15) is 24.6 Å². The van der Waals surface area contributed by atoms with Crippen LogP contribution in [-0.2, 0) is 28.3 Å². The van der Waals surface area contributed by atoms with Crippen LogP contribution in [0.5, 0.6) is 5.75 Å². The van der Waals surface area contributed by atoms with E-state index < -0.39 is 16.0 Å². The first kappa shape index (κ1) is 20.2. The Morgan fingerprint density at radius 2 is 2.07 bits per heavy atom. The van der Waals surface area contributed by atoms with Crippen LogP contribution in [0.3, 0.4) is 0 Å². The number of ether oxygens (including phenoxy) is 1. The molecule has 0 unspecified atom stereocenters. The van der Waals surface area contributed by atoms with E-state index in [1.807, 2.05) is 6.92 Å². The molecule has 0 fully saturated rings. The third kappa shape index (κ3) is 3.47. The summed E-state index contributed by atoms with van der Waals surface area (Å²) in [5, 5.41) is 13.7. The van der Waals surface area contributed by atoms with E-state index in [0.717, 1.165) is 3.97 Å². The standard InChI is InChI=1S/C18H20ClN3O5S/c1-4-27-13-6-7-14-12(5-8-16(23)24)10-22(15(14)9-13)28(25,26)17-11(2)20-21(3)18(17)19/h6-7,9-10H,4-5,8H2,1-3H3,(H,23,24). The quantitative estimate of drug-likeness (QED) is 0.624. The average molecular weight is 426 g/mol. The van der Waals surface area contributed by atoms with Gasteiger partial charge in [-0.25, -0.2) is 12.4 Å². The number of nitrogens with zero attached hydrogens (tertiary/aromatic N) is 3. The van der Waals surface area contributed by atoms with Gasteiger partial charge in [0.15, 0.2) is 0 Å². The van der Waals surface area contributed by atoms with E-state index in [1.165, 1.54) is 10.9 Å². The Bertz CT molecular complexity index is 1160. The predicted molar refractivity (Wildman–Crippen MR) is 105 cm³/mol. The van der Waals surface area contributed by atoms with Crippen molar-refractivity contribution < 1.29 is 23.1 Å². The van der Waals surface area contributed by atoms with Crippen LogP contribution >= 0.6 is 11.6 Å². The molecule has 0 radical (unpaired) electrons. The number of aryl methyl sites for hydroxylation is 3. The lowest BCUT2D eigenvalue weighted by atomic mass is 10.1. The summed E-state index contributed by atoms with van der Waals surface area (Å²) in [6, 6.07) is 5.09. The Kier molecular flexibility index (Phi) is 5.40. The number of aliphatic carboxylic acids is 1. The zero-order chi connectivity index (χ0) is 20.6. The van der Waals surface area contributed by atoms with Gasteiger partial charge in [0.25, 0.3) is 10.0 Å². The monoisotopic (exact) mass is 425 g/mol. The molecular weight excluding hydrogens is 406 g/mol. The largest absolute Gasteiger partial charge is 0.494 e. The predicted octanol–water partition coefficient (Wildman–Crippen LogP) is 2.99. The summed E-state index contributed by atoms with van der Waals surface area (Å²) in [5.74, 6) is -0.441. The van der Waals surface area contributed by atoms with E-state index in [0.29, 0.717) is 28.8 Å². The maximum Gasteiger partial charge on any atom is 0.303 e. The van der Waals surface area contributed by atoms with Crippen molar-refractivity contribution in [1.82, 2.24) is 13.8 Å². The first-order valence-corrected chi connectivity index (χ1v) is 10.4. The number of rotatable bonds is 7. The average Bonchev–Trinajstić information content (AvgIpc) is 3.10. The van der Waals surface area contributed by atoms with Crippen molar-refractivity contribution in [2.24, 2.45) is 7.05 Å². The number of halogens is 1. The Morgan fingerprint density at radius 1 is 1.36 bits per heavy atom. The smallest absolute Gasteiger partial charge is 0.303 e. The van der Waals surface area contributed by atoms with E-state index in [-0.39, 0.29) is 28.6 Å². The van der Waals surface area contributed by atoms with Crippen molar-refractivity contribution in [3.05, 3.63) is 40.8 Å². The van der Waals surface area contributed by atoms with E-state index in [1.54, 1.807) is 32.2 Å². The topological polar surface area (TPSA) is 103 Å². The third-order valence-electron chi connectivity index (χ3n) is 4.36. The minimum atomic E-state index is -4.06. The lowest BCUT2D eigenvalue weighted by Gasteiger charge is -2.09. The molecule has 0 spiro atoms. The molecule has 0 saturated heterocycles. The van der Waals surface area contributed by atoms with Crippen molar-refractivity contribution in [3.8, 4) is 5.75 Å². The minimum absolute atomic E-state index is 0.00685. The van der Waals surface area contributed by atoms with Crippen LogP contribution in [0, 0.1) is 6.92 Å². The van der Waals surface area contributed by atoms with Gasteiger partial charge in [-0.15, -0.1) is 0 Å². The second-order valence-corrected chi connectivity index (χ2v) is 8.40. The highest BCUT2D eigenvalue weighted by Gasteiger charge is 2.29. The molecule has 0 amide bonds. The highest BCUT2D eigenvalue weighted by molar-refractivity contribution is 7.90. The Morgan fingerprint density at radius 3 is 2.64 bits per heavy atom. The summed E-state index contributed by atoms with van der Waals surface area (Å²) < 4.78 is 34.7. The van der Waals surface area contributed by atoms with Crippen LogP contribution in [0.4, 0.5) is 0 Å². The van der Waals surface area contributed by atoms with Crippen LogP contribution in [0.2, 0.25) is 5.15 Å². The van der Waals surface area contributed by atoms with Crippen LogP contribution in [-0.4, -0.2) is 39.9 Å². The molecule has 0 bridgehead atoms. The maximum atomic E-state index is 13.4. The molecule has 0 aliphatic carbocycles. The van der Waals surface area contributed by atoms with Crippen LogP contribution in [0.25, 0.3) is 10.9 Å². The van der Waals surface area contributed by atoms with E-state index in [2.05, 4.69) is 5.10 Å². The van der Waals surface area contributed by atoms with Crippen molar-refractivity contribution in [1.29, 1.82) is 0 Å². The second-order valence-electron chi connectivity index (χ2n) is 6.29. The van der Waals surface area contributed by atoms with Crippen LogP contribution < -0.4 is 4.74 Å². The number of carboxylic acids is 1. The molecule has 150 valence electrons. The lowest BCUT2D eigenvalue weighted by molar-refractivity contribution is -0.136. The first-order valence-electron chi connectivity index (χ1n) is 8.60. The molecule has 10 heteroatoms. The fourth-order valence-electron chi connectivity index (χ4n) is 3.14. The molecule has 0 saturated carbocycles. The zero-order valence-corrected chi connectivity index (χ0v) is 17.2. The zero-order valence-electron chi connectivity index (χ0n) is 15.6. The summed E-state index contributed by atoms with van der Waals surface area (Å²) in [4.78, 5) is 10.9. The molecule has 3 aromatic rings. The normalized spacial score (nSPS) is 11.9. The van der Waals surface area contributed by atoms with Crippen LogP contribution in [0.15, 0.2) is 29.3 Å². The Balaban J connectivity index is 2.26. The molecule has 3 rings (SSSR count).